The Morgan fingerprint density at radius 3 is 2.71 bits per heavy atom. The summed E-state index contributed by atoms with van der Waals surface area (Å²) in [6.45, 7) is 4.13. The quantitative estimate of drug-likeness (QED) is 0.753. The summed E-state index contributed by atoms with van der Waals surface area (Å²) in [5.41, 5.74) is 6.36. The third kappa shape index (κ3) is 2.17. The molecule has 2 N–H and O–H groups in total. The molecule has 0 amide bonds. The Morgan fingerprint density at radius 2 is 2.21 bits per heavy atom. The number of thiocarbonyl (C=S) groups is 1. The van der Waals surface area contributed by atoms with Crippen LogP contribution in [0.5, 0.6) is 0 Å². The maximum absolute atomic E-state index is 5.59. The molecule has 0 radical (unpaired) electrons. The van der Waals surface area contributed by atoms with Crippen LogP contribution in [0, 0.1) is 0 Å². The van der Waals surface area contributed by atoms with Crippen molar-refractivity contribution in [2.75, 3.05) is 11.9 Å². The number of nitrogens with zero attached hydrogens (tertiary/aromatic N) is 3. The van der Waals surface area contributed by atoms with E-state index in [2.05, 4.69) is 24.0 Å². The first-order chi connectivity index (χ1) is 6.54. The Balaban J connectivity index is 3.13. The predicted octanol–water partition coefficient (Wildman–Crippen LogP) is 0.955. The Labute approximate surface area is 89.1 Å². The summed E-state index contributed by atoms with van der Waals surface area (Å²) in [7, 11) is 1.94. The summed E-state index contributed by atoms with van der Waals surface area (Å²) in [6.07, 6.45) is 1.59. The second-order valence-electron chi connectivity index (χ2n) is 3.34. The fourth-order valence-electron chi connectivity index (χ4n) is 1.02. The van der Waals surface area contributed by atoms with E-state index >= 15 is 0 Å². The summed E-state index contributed by atoms with van der Waals surface area (Å²) in [4.78, 5) is 2.34. The second-order valence-corrected chi connectivity index (χ2v) is 3.78. The molecule has 1 aromatic rings. The molecule has 0 aliphatic heterocycles. The minimum atomic E-state index is 0.333. The lowest BCUT2D eigenvalue weighted by Gasteiger charge is -2.23. The molecule has 0 spiro atoms. The molecular formula is C9H14N4S. The highest BCUT2D eigenvalue weighted by Gasteiger charge is 2.13. The monoisotopic (exact) mass is 210 g/mol. The van der Waals surface area contributed by atoms with Crippen LogP contribution >= 0.6 is 12.2 Å². The van der Waals surface area contributed by atoms with Crippen molar-refractivity contribution in [3.05, 3.63) is 17.8 Å². The van der Waals surface area contributed by atoms with Gasteiger partial charge in [0.05, 0.1) is 11.8 Å². The molecule has 0 aliphatic carbocycles. The maximum atomic E-state index is 5.59. The lowest BCUT2D eigenvalue weighted by Crippen LogP contribution is -2.29. The van der Waals surface area contributed by atoms with E-state index in [0.717, 1.165) is 11.4 Å². The first-order valence-corrected chi connectivity index (χ1v) is 4.79. The number of rotatable bonds is 3. The predicted molar refractivity (Wildman–Crippen MR) is 61.5 cm³/mol. The van der Waals surface area contributed by atoms with Crippen molar-refractivity contribution in [1.29, 1.82) is 0 Å². The molecule has 1 aromatic heterocycles. The van der Waals surface area contributed by atoms with E-state index in [1.807, 2.05) is 11.9 Å². The highest BCUT2D eigenvalue weighted by Crippen LogP contribution is 2.16. The minimum absolute atomic E-state index is 0.333. The van der Waals surface area contributed by atoms with Crippen LogP contribution in [0.1, 0.15) is 19.4 Å². The topological polar surface area (TPSA) is 55.0 Å². The van der Waals surface area contributed by atoms with Crippen LogP contribution in [0.4, 0.5) is 5.82 Å². The standard InChI is InChI=1S/C9H14N4S/c1-6(2)13(3)9-7(8(10)14)4-5-11-12-9/h4-6H,1-3H3,(H2,10,14). The number of aromatic nitrogens is 2. The summed E-state index contributed by atoms with van der Waals surface area (Å²) < 4.78 is 0. The summed E-state index contributed by atoms with van der Waals surface area (Å²) >= 11 is 4.94. The molecule has 76 valence electrons. The van der Waals surface area contributed by atoms with Crippen LogP contribution in [0.25, 0.3) is 0 Å². The minimum Gasteiger partial charge on any atom is -0.389 e. The summed E-state index contributed by atoms with van der Waals surface area (Å²) in [5.74, 6) is 0.731. The van der Waals surface area contributed by atoms with Gasteiger partial charge in [-0.2, -0.15) is 5.10 Å². The Morgan fingerprint density at radius 1 is 1.57 bits per heavy atom. The lowest BCUT2D eigenvalue weighted by atomic mass is 10.2. The molecule has 0 saturated carbocycles. The largest absolute Gasteiger partial charge is 0.389 e. The van der Waals surface area contributed by atoms with E-state index in [9.17, 15) is 0 Å². The molecule has 0 fully saturated rings. The molecular weight excluding hydrogens is 196 g/mol. The number of nitrogens with two attached hydrogens (primary N) is 1. The average Bonchev–Trinajstić information content (AvgIpc) is 2.16. The van der Waals surface area contributed by atoms with Gasteiger partial charge in [0.1, 0.15) is 4.99 Å². The molecule has 0 saturated heterocycles. The molecule has 14 heavy (non-hydrogen) atoms. The number of hydrogen-bond acceptors (Lipinski definition) is 4. The van der Waals surface area contributed by atoms with E-state index in [-0.39, 0.29) is 0 Å². The van der Waals surface area contributed by atoms with Crippen LogP contribution in [-0.4, -0.2) is 28.3 Å². The first-order valence-electron chi connectivity index (χ1n) is 4.38. The molecule has 0 aliphatic rings. The molecule has 0 atom stereocenters. The summed E-state index contributed by atoms with van der Waals surface area (Å²) in [5, 5.41) is 7.85. The van der Waals surface area contributed by atoms with Gasteiger partial charge >= 0.3 is 0 Å². The molecule has 1 rings (SSSR count). The van der Waals surface area contributed by atoms with Crippen molar-refractivity contribution >= 4 is 23.0 Å². The highest BCUT2D eigenvalue weighted by atomic mass is 32.1. The van der Waals surface area contributed by atoms with Crippen LogP contribution < -0.4 is 10.6 Å². The van der Waals surface area contributed by atoms with Crippen molar-refractivity contribution in [2.24, 2.45) is 5.73 Å². The summed E-state index contributed by atoms with van der Waals surface area (Å²) in [6, 6.07) is 2.11. The fourth-order valence-corrected chi connectivity index (χ4v) is 1.18. The molecule has 4 nitrogen and oxygen atoms in total. The molecule has 5 heteroatoms. The van der Waals surface area contributed by atoms with Crippen LogP contribution in [0.2, 0.25) is 0 Å². The Bertz CT molecular complexity index is 337. The second kappa shape index (κ2) is 4.32. The van der Waals surface area contributed by atoms with E-state index < -0.39 is 0 Å². The highest BCUT2D eigenvalue weighted by molar-refractivity contribution is 7.80. The van der Waals surface area contributed by atoms with Gasteiger partial charge < -0.3 is 10.6 Å². The maximum Gasteiger partial charge on any atom is 0.161 e. The lowest BCUT2D eigenvalue weighted by molar-refractivity contribution is 0.733. The van der Waals surface area contributed by atoms with Gasteiger partial charge in [0.25, 0.3) is 0 Å². The van der Waals surface area contributed by atoms with Crippen LogP contribution in [-0.2, 0) is 0 Å². The van der Waals surface area contributed by atoms with E-state index in [4.69, 9.17) is 18.0 Å². The third-order valence-corrected chi connectivity index (χ3v) is 2.30. The third-order valence-electron chi connectivity index (χ3n) is 2.08. The SMILES string of the molecule is CC(C)N(C)c1nnccc1C(N)=S. The zero-order valence-corrected chi connectivity index (χ0v) is 9.38. The average molecular weight is 210 g/mol. The van der Waals surface area contributed by atoms with Gasteiger partial charge in [-0.1, -0.05) is 12.2 Å². The van der Waals surface area contributed by atoms with E-state index in [1.54, 1.807) is 12.3 Å². The van der Waals surface area contributed by atoms with Crippen LogP contribution in [0.15, 0.2) is 12.3 Å². The normalized spacial score (nSPS) is 10.3. The smallest absolute Gasteiger partial charge is 0.161 e. The van der Waals surface area contributed by atoms with Gasteiger partial charge in [-0.05, 0) is 19.9 Å². The van der Waals surface area contributed by atoms with Gasteiger partial charge in [-0.3, -0.25) is 0 Å². The van der Waals surface area contributed by atoms with Crippen molar-refractivity contribution in [1.82, 2.24) is 10.2 Å². The van der Waals surface area contributed by atoms with Gasteiger partial charge in [-0.25, -0.2) is 0 Å². The first kappa shape index (κ1) is 10.8. The zero-order chi connectivity index (χ0) is 10.7. The molecule has 1 heterocycles. The Kier molecular flexibility index (Phi) is 3.35. The zero-order valence-electron chi connectivity index (χ0n) is 8.56. The Hall–Kier alpha value is -1.23. The van der Waals surface area contributed by atoms with Crippen LogP contribution in [0.3, 0.4) is 0 Å². The van der Waals surface area contributed by atoms with Gasteiger partial charge in [0, 0.05) is 13.1 Å². The van der Waals surface area contributed by atoms with Gasteiger partial charge in [-0.15, -0.1) is 5.10 Å². The molecule has 0 bridgehead atoms. The van der Waals surface area contributed by atoms with Crippen molar-refractivity contribution in [2.45, 2.75) is 19.9 Å². The van der Waals surface area contributed by atoms with Gasteiger partial charge in [0.2, 0.25) is 0 Å². The number of hydrogen-bond donors (Lipinski definition) is 1. The van der Waals surface area contributed by atoms with Crippen molar-refractivity contribution in [3.63, 3.8) is 0 Å². The van der Waals surface area contributed by atoms with Crippen molar-refractivity contribution in [3.8, 4) is 0 Å². The molecule has 0 unspecified atom stereocenters. The molecule has 0 aromatic carbocycles. The van der Waals surface area contributed by atoms with Gasteiger partial charge in [0.15, 0.2) is 5.82 Å². The van der Waals surface area contributed by atoms with Crippen molar-refractivity contribution < 1.29 is 0 Å². The fraction of sp³-hybridized carbons (Fsp3) is 0.444. The van der Waals surface area contributed by atoms with E-state index in [1.165, 1.54) is 0 Å². The number of anilines is 1. The van der Waals surface area contributed by atoms with E-state index in [0.29, 0.717) is 11.0 Å².